The van der Waals surface area contributed by atoms with E-state index in [1.165, 1.54) is 23.1 Å². The van der Waals surface area contributed by atoms with Gasteiger partial charge in [0.25, 0.3) is 11.6 Å². The number of hydrogen-bond acceptors (Lipinski definition) is 7. The normalized spacial score (nSPS) is 11.1. The first-order valence-electron chi connectivity index (χ1n) is 8.18. The molecule has 1 heterocycles. The molecule has 0 unspecified atom stereocenters. The number of hydrazone groups is 1. The molecule has 0 aliphatic heterocycles. The van der Waals surface area contributed by atoms with Crippen LogP contribution in [0, 0.1) is 10.1 Å². The van der Waals surface area contributed by atoms with Crippen LogP contribution in [-0.2, 0) is 11.3 Å². The maximum Gasteiger partial charge on any atom is 0.270 e. The van der Waals surface area contributed by atoms with Gasteiger partial charge < -0.3 is 0 Å². The van der Waals surface area contributed by atoms with Gasteiger partial charge >= 0.3 is 0 Å². The van der Waals surface area contributed by atoms with Crippen LogP contribution in [0.4, 0.5) is 5.69 Å². The summed E-state index contributed by atoms with van der Waals surface area (Å²) in [6.07, 6.45) is 4.55. The number of hydrogen-bond donors (Lipinski definition) is 1. The standard InChI is InChI=1S/C18H15N7O3/c26-17(13-24-22-18(21-23-24)15-8-2-1-3-9-15)20-19-11-5-7-14-6-4-10-16(12-14)25(27)28/h1-12H,13H2,(H,20,26)/b7-5+,19-11+. The molecule has 0 radical (unpaired) electrons. The fourth-order valence-electron chi connectivity index (χ4n) is 2.23. The maximum atomic E-state index is 11.9. The minimum absolute atomic E-state index is 0.00240. The lowest BCUT2D eigenvalue weighted by Gasteiger charge is -1.97. The largest absolute Gasteiger partial charge is 0.271 e. The first-order chi connectivity index (χ1) is 13.6. The molecule has 1 amide bonds. The number of nitro groups is 1. The average molecular weight is 377 g/mol. The molecule has 2 aromatic carbocycles. The number of carbonyl (C=O) groups excluding carboxylic acids is 1. The number of benzene rings is 2. The second-order valence-corrected chi connectivity index (χ2v) is 5.53. The topological polar surface area (TPSA) is 128 Å². The summed E-state index contributed by atoms with van der Waals surface area (Å²) in [5.41, 5.74) is 3.79. The number of nitrogens with zero attached hydrogens (tertiary/aromatic N) is 6. The van der Waals surface area contributed by atoms with Crippen LogP contribution in [0.5, 0.6) is 0 Å². The van der Waals surface area contributed by atoms with Gasteiger partial charge in [0.1, 0.15) is 6.54 Å². The lowest BCUT2D eigenvalue weighted by atomic mass is 10.2. The predicted octanol–water partition coefficient (Wildman–Crippen LogP) is 2.06. The summed E-state index contributed by atoms with van der Waals surface area (Å²) in [7, 11) is 0. The molecule has 10 heteroatoms. The highest BCUT2D eigenvalue weighted by Gasteiger charge is 2.08. The van der Waals surface area contributed by atoms with Crippen LogP contribution >= 0.6 is 0 Å². The summed E-state index contributed by atoms with van der Waals surface area (Å²) < 4.78 is 0. The van der Waals surface area contributed by atoms with E-state index in [0.29, 0.717) is 11.4 Å². The van der Waals surface area contributed by atoms with Gasteiger partial charge in [-0.2, -0.15) is 9.90 Å². The van der Waals surface area contributed by atoms with E-state index in [2.05, 4.69) is 25.9 Å². The van der Waals surface area contributed by atoms with Gasteiger partial charge in [-0.1, -0.05) is 48.5 Å². The molecule has 3 rings (SSSR count). The number of nitrogens with one attached hydrogen (secondary N) is 1. The van der Waals surface area contributed by atoms with Crippen molar-refractivity contribution in [3.8, 4) is 11.4 Å². The zero-order valence-corrected chi connectivity index (χ0v) is 14.5. The number of aromatic nitrogens is 4. The van der Waals surface area contributed by atoms with Crippen LogP contribution in [0.15, 0.2) is 65.8 Å². The number of amides is 1. The van der Waals surface area contributed by atoms with Gasteiger partial charge in [0.05, 0.1) is 4.92 Å². The molecule has 0 aliphatic carbocycles. The predicted molar refractivity (Wildman–Crippen MR) is 102 cm³/mol. The van der Waals surface area contributed by atoms with E-state index in [9.17, 15) is 14.9 Å². The molecule has 3 aromatic rings. The number of allylic oxidation sites excluding steroid dienone is 1. The summed E-state index contributed by atoms with van der Waals surface area (Å²) >= 11 is 0. The van der Waals surface area contributed by atoms with Gasteiger partial charge in [0, 0.05) is 23.9 Å². The van der Waals surface area contributed by atoms with E-state index in [4.69, 9.17) is 0 Å². The third kappa shape index (κ3) is 5.14. The lowest BCUT2D eigenvalue weighted by Crippen LogP contribution is -2.24. The zero-order valence-electron chi connectivity index (χ0n) is 14.5. The van der Waals surface area contributed by atoms with Crippen LogP contribution in [-0.4, -0.2) is 37.3 Å². The number of nitro benzene ring substituents is 1. The minimum atomic E-state index is -0.465. The highest BCUT2D eigenvalue weighted by atomic mass is 16.6. The molecular formula is C18H15N7O3. The Hall–Kier alpha value is -4.21. The summed E-state index contributed by atoms with van der Waals surface area (Å²) in [5, 5.41) is 26.4. The first-order valence-corrected chi connectivity index (χ1v) is 8.18. The Morgan fingerprint density at radius 1 is 1.21 bits per heavy atom. The summed E-state index contributed by atoms with van der Waals surface area (Å²) in [6, 6.07) is 15.4. The van der Waals surface area contributed by atoms with Crippen LogP contribution < -0.4 is 5.43 Å². The molecule has 0 bridgehead atoms. The quantitative estimate of drug-likeness (QED) is 0.381. The van der Waals surface area contributed by atoms with E-state index in [-0.39, 0.29) is 12.2 Å². The van der Waals surface area contributed by atoms with Crippen LogP contribution in [0.2, 0.25) is 0 Å². The molecule has 10 nitrogen and oxygen atoms in total. The number of carbonyl (C=O) groups is 1. The molecule has 0 spiro atoms. The summed E-state index contributed by atoms with van der Waals surface area (Å²) in [4.78, 5) is 23.3. The van der Waals surface area contributed by atoms with Crippen molar-refractivity contribution in [2.45, 2.75) is 6.54 Å². The van der Waals surface area contributed by atoms with E-state index in [0.717, 1.165) is 5.56 Å². The van der Waals surface area contributed by atoms with Crippen LogP contribution in [0.1, 0.15) is 5.56 Å². The van der Waals surface area contributed by atoms with Gasteiger partial charge in [-0.3, -0.25) is 14.9 Å². The van der Waals surface area contributed by atoms with Gasteiger partial charge in [0.2, 0.25) is 5.82 Å². The zero-order chi connectivity index (χ0) is 19.8. The Bertz CT molecular complexity index is 1030. The van der Waals surface area contributed by atoms with Crippen molar-refractivity contribution in [2.75, 3.05) is 0 Å². The highest BCUT2D eigenvalue weighted by molar-refractivity contribution is 5.81. The Balaban J connectivity index is 1.50. The molecule has 0 saturated heterocycles. The van der Waals surface area contributed by atoms with Gasteiger partial charge in [-0.05, 0) is 16.9 Å². The lowest BCUT2D eigenvalue weighted by molar-refractivity contribution is -0.384. The SMILES string of the molecule is O=C(Cn1nnc(-c2ccccc2)n1)N/N=C/C=C/c1cccc([N+](=O)[O-])c1. The fourth-order valence-corrected chi connectivity index (χ4v) is 2.23. The second kappa shape index (κ2) is 8.94. The van der Waals surface area contributed by atoms with Crippen molar-refractivity contribution in [3.63, 3.8) is 0 Å². The number of rotatable bonds is 7. The van der Waals surface area contributed by atoms with Crippen molar-refractivity contribution in [3.05, 3.63) is 76.4 Å². The molecule has 1 aromatic heterocycles. The first kappa shape index (κ1) is 18.6. The molecular weight excluding hydrogens is 362 g/mol. The van der Waals surface area contributed by atoms with Gasteiger partial charge in [0.15, 0.2) is 0 Å². The highest BCUT2D eigenvalue weighted by Crippen LogP contribution is 2.14. The number of tetrazole rings is 1. The van der Waals surface area contributed by atoms with Crippen molar-refractivity contribution < 1.29 is 9.72 Å². The summed E-state index contributed by atoms with van der Waals surface area (Å²) in [5.74, 6) is 0.00815. The van der Waals surface area contributed by atoms with Gasteiger partial charge in [-0.15, -0.1) is 10.2 Å². The average Bonchev–Trinajstić information content (AvgIpc) is 3.17. The monoisotopic (exact) mass is 377 g/mol. The van der Waals surface area contributed by atoms with Gasteiger partial charge in [-0.25, -0.2) is 5.43 Å². The molecule has 0 atom stereocenters. The Morgan fingerprint density at radius 3 is 2.82 bits per heavy atom. The minimum Gasteiger partial charge on any atom is -0.271 e. The van der Waals surface area contributed by atoms with Crippen LogP contribution in [0.25, 0.3) is 17.5 Å². The number of non-ortho nitro benzene ring substituents is 1. The van der Waals surface area contributed by atoms with E-state index >= 15 is 0 Å². The molecule has 28 heavy (non-hydrogen) atoms. The van der Waals surface area contributed by atoms with E-state index < -0.39 is 10.8 Å². The molecule has 0 aliphatic rings. The Morgan fingerprint density at radius 2 is 2.04 bits per heavy atom. The fraction of sp³-hybridized carbons (Fsp3) is 0.0556. The maximum absolute atomic E-state index is 11.9. The molecule has 0 fully saturated rings. The molecule has 140 valence electrons. The van der Waals surface area contributed by atoms with Crippen molar-refractivity contribution in [2.24, 2.45) is 5.10 Å². The Labute approximate surface area is 159 Å². The van der Waals surface area contributed by atoms with E-state index in [1.807, 2.05) is 30.3 Å². The second-order valence-electron chi connectivity index (χ2n) is 5.53. The smallest absolute Gasteiger partial charge is 0.270 e. The van der Waals surface area contributed by atoms with Crippen LogP contribution in [0.3, 0.4) is 0 Å². The molecule has 0 saturated carbocycles. The Kier molecular flexibility index (Phi) is 5.93. The van der Waals surface area contributed by atoms with E-state index in [1.54, 1.807) is 24.3 Å². The third-order valence-electron chi connectivity index (χ3n) is 3.49. The van der Waals surface area contributed by atoms with Crippen molar-refractivity contribution >= 4 is 23.9 Å². The van der Waals surface area contributed by atoms with Crippen molar-refractivity contribution in [1.82, 2.24) is 25.6 Å². The summed E-state index contributed by atoms with van der Waals surface area (Å²) in [6.45, 7) is -0.133. The van der Waals surface area contributed by atoms with Crippen molar-refractivity contribution in [1.29, 1.82) is 0 Å². The molecule has 1 N–H and O–H groups in total. The third-order valence-corrected chi connectivity index (χ3v) is 3.49.